The van der Waals surface area contributed by atoms with E-state index in [-0.39, 0.29) is 24.1 Å². The molecule has 3 amide bonds. The number of pyridine rings is 1. The number of halogens is 2. The van der Waals surface area contributed by atoms with Crippen molar-refractivity contribution >= 4 is 40.9 Å². The molecule has 0 saturated heterocycles. The third kappa shape index (κ3) is 6.15. The van der Waals surface area contributed by atoms with E-state index in [0.29, 0.717) is 16.4 Å². The van der Waals surface area contributed by atoms with Gasteiger partial charge in [-0.1, -0.05) is 17.7 Å². The number of hydrogen-bond donors (Lipinski definition) is 3. The van der Waals surface area contributed by atoms with Crippen LogP contribution in [0.2, 0.25) is 5.02 Å². The van der Waals surface area contributed by atoms with Crippen LogP contribution in [-0.2, 0) is 14.3 Å². The molecule has 192 valence electrons. The van der Waals surface area contributed by atoms with Crippen molar-refractivity contribution in [3.63, 3.8) is 0 Å². The number of alkyl carbamates (subject to hydrolysis) is 1. The van der Waals surface area contributed by atoms with E-state index in [1.165, 1.54) is 36.1 Å². The van der Waals surface area contributed by atoms with Crippen molar-refractivity contribution in [2.24, 2.45) is 11.8 Å². The SMILES string of the molecule is COC(=O)NC1C[C@H](C(=O)Nc2ccc(Cl)cc2)[C@H](C(=O)Nc2ccc(-n3ccccc3=O)cc2F)C1. The molecule has 3 atom stereocenters. The summed E-state index contributed by atoms with van der Waals surface area (Å²) in [5.74, 6) is -3.40. The van der Waals surface area contributed by atoms with Gasteiger partial charge in [-0.3, -0.25) is 19.0 Å². The maximum Gasteiger partial charge on any atom is 0.407 e. The summed E-state index contributed by atoms with van der Waals surface area (Å²) in [6, 6.07) is 14.6. The highest BCUT2D eigenvalue weighted by atomic mass is 35.5. The first-order valence-electron chi connectivity index (χ1n) is 11.4. The van der Waals surface area contributed by atoms with Crippen LogP contribution in [0.3, 0.4) is 0 Å². The van der Waals surface area contributed by atoms with Gasteiger partial charge >= 0.3 is 6.09 Å². The fourth-order valence-corrected chi connectivity index (χ4v) is 4.48. The van der Waals surface area contributed by atoms with Crippen LogP contribution in [0.25, 0.3) is 5.69 Å². The molecule has 1 fully saturated rings. The summed E-state index contributed by atoms with van der Waals surface area (Å²) in [6.45, 7) is 0. The Morgan fingerprint density at radius 2 is 1.65 bits per heavy atom. The van der Waals surface area contributed by atoms with E-state index in [2.05, 4.69) is 20.7 Å². The molecule has 3 N–H and O–H groups in total. The summed E-state index contributed by atoms with van der Waals surface area (Å²) in [5, 5.41) is 8.44. The lowest BCUT2D eigenvalue weighted by molar-refractivity contribution is -0.128. The molecule has 9 nitrogen and oxygen atoms in total. The van der Waals surface area contributed by atoms with Crippen LogP contribution in [0.1, 0.15) is 12.8 Å². The van der Waals surface area contributed by atoms with Crippen molar-refractivity contribution in [3.8, 4) is 5.69 Å². The minimum atomic E-state index is -0.856. The van der Waals surface area contributed by atoms with E-state index in [4.69, 9.17) is 11.6 Å². The maximum absolute atomic E-state index is 14.9. The highest BCUT2D eigenvalue weighted by Crippen LogP contribution is 2.35. The van der Waals surface area contributed by atoms with Gasteiger partial charge in [-0.25, -0.2) is 9.18 Å². The first-order chi connectivity index (χ1) is 17.7. The predicted octanol–water partition coefficient (Wildman–Crippen LogP) is 3.96. The first-order valence-corrected chi connectivity index (χ1v) is 11.8. The van der Waals surface area contributed by atoms with E-state index in [1.807, 2.05) is 0 Å². The maximum atomic E-state index is 14.9. The molecule has 1 aromatic heterocycles. The number of methoxy groups -OCH3 is 1. The second-order valence-corrected chi connectivity index (χ2v) is 9.01. The van der Waals surface area contributed by atoms with Gasteiger partial charge < -0.3 is 20.7 Å². The minimum Gasteiger partial charge on any atom is -0.453 e. The zero-order valence-corrected chi connectivity index (χ0v) is 20.5. The van der Waals surface area contributed by atoms with Crippen LogP contribution < -0.4 is 21.5 Å². The van der Waals surface area contributed by atoms with E-state index < -0.39 is 41.6 Å². The molecule has 3 aromatic rings. The normalized spacial score (nSPS) is 18.6. The van der Waals surface area contributed by atoms with Crippen LogP contribution in [-0.4, -0.2) is 35.6 Å². The summed E-state index contributed by atoms with van der Waals surface area (Å²) in [6.07, 6.45) is 1.16. The Balaban J connectivity index is 1.52. The molecule has 0 bridgehead atoms. The Bertz CT molecular complexity index is 1380. The monoisotopic (exact) mass is 526 g/mol. The Labute approximate surface area is 216 Å². The van der Waals surface area contributed by atoms with Gasteiger partial charge in [-0.2, -0.15) is 0 Å². The van der Waals surface area contributed by atoms with Gasteiger partial charge in [0.1, 0.15) is 5.82 Å². The Kier molecular flexibility index (Phi) is 7.88. The Hall–Kier alpha value is -4.18. The molecule has 1 unspecified atom stereocenters. The van der Waals surface area contributed by atoms with Crippen LogP contribution >= 0.6 is 11.6 Å². The number of aromatic nitrogens is 1. The molecule has 4 rings (SSSR count). The number of anilines is 2. The van der Waals surface area contributed by atoms with Gasteiger partial charge in [0.15, 0.2) is 0 Å². The Morgan fingerprint density at radius 1 is 0.973 bits per heavy atom. The average Bonchev–Trinajstić information content (AvgIpc) is 3.31. The fourth-order valence-electron chi connectivity index (χ4n) is 4.35. The van der Waals surface area contributed by atoms with Crippen LogP contribution in [0.15, 0.2) is 71.7 Å². The van der Waals surface area contributed by atoms with Gasteiger partial charge in [-0.15, -0.1) is 0 Å². The highest BCUT2D eigenvalue weighted by Gasteiger charge is 2.43. The van der Waals surface area contributed by atoms with Crippen molar-refractivity contribution in [1.82, 2.24) is 9.88 Å². The molecular weight excluding hydrogens is 503 g/mol. The number of nitrogens with zero attached hydrogens (tertiary/aromatic N) is 1. The standard InChI is InChI=1S/C26H24ClFN4O5/c1-37-26(36)30-17-12-19(24(34)29-16-7-5-15(27)6-8-16)20(13-17)25(35)31-22-10-9-18(14-21(22)28)32-11-3-2-4-23(32)33/h2-11,14,17,19-20H,12-13H2,1H3,(H,29,34)(H,30,36)(H,31,35)/t17?,19-,20+/m0/s1. The average molecular weight is 527 g/mol. The second kappa shape index (κ2) is 11.3. The van der Waals surface area contributed by atoms with Gasteiger partial charge in [0.2, 0.25) is 11.8 Å². The number of nitrogens with one attached hydrogen (secondary N) is 3. The summed E-state index contributed by atoms with van der Waals surface area (Å²) in [5.41, 5.74) is 0.363. The van der Waals surface area contributed by atoms with E-state index >= 15 is 0 Å². The number of ether oxygens (including phenoxy) is 1. The molecular formula is C26H24ClFN4O5. The minimum absolute atomic E-state index is 0.0982. The van der Waals surface area contributed by atoms with Crippen molar-refractivity contribution in [3.05, 3.63) is 88.1 Å². The molecule has 0 spiro atoms. The lowest BCUT2D eigenvalue weighted by Gasteiger charge is -2.19. The Morgan fingerprint density at radius 3 is 2.27 bits per heavy atom. The molecule has 2 aromatic carbocycles. The van der Waals surface area contributed by atoms with Gasteiger partial charge in [0.25, 0.3) is 5.56 Å². The third-order valence-corrected chi connectivity index (χ3v) is 6.42. The molecule has 0 radical (unpaired) electrons. The number of benzene rings is 2. The van der Waals surface area contributed by atoms with Crippen LogP contribution in [0, 0.1) is 17.7 Å². The van der Waals surface area contributed by atoms with Gasteiger partial charge in [-0.05, 0) is 55.3 Å². The summed E-state index contributed by atoms with van der Waals surface area (Å²) >= 11 is 5.90. The smallest absolute Gasteiger partial charge is 0.407 e. The van der Waals surface area contributed by atoms with Crippen molar-refractivity contribution in [2.75, 3.05) is 17.7 Å². The van der Waals surface area contributed by atoms with Crippen molar-refractivity contribution < 1.29 is 23.5 Å². The predicted molar refractivity (Wildman–Crippen MR) is 136 cm³/mol. The highest BCUT2D eigenvalue weighted by molar-refractivity contribution is 6.30. The van der Waals surface area contributed by atoms with Crippen molar-refractivity contribution in [2.45, 2.75) is 18.9 Å². The lowest BCUT2D eigenvalue weighted by atomic mass is 9.94. The van der Waals surface area contributed by atoms with Gasteiger partial charge in [0, 0.05) is 35.1 Å². The third-order valence-electron chi connectivity index (χ3n) is 6.17. The molecule has 11 heteroatoms. The first kappa shape index (κ1) is 25.9. The van der Waals surface area contributed by atoms with E-state index in [0.717, 1.165) is 6.07 Å². The number of carbonyl (C=O) groups is 3. The second-order valence-electron chi connectivity index (χ2n) is 8.58. The summed E-state index contributed by atoms with van der Waals surface area (Å²) in [7, 11) is 1.22. The zero-order chi connectivity index (χ0) is 26.5. The zero-order valence-electron chi connectivity index (χ0n) is 19.7. The summed E-state index contributed by atoms with van der Waals surface area (Å²) in [4.78, 5) is 50.1. The number of rotatable bonds is 6. The number of carbonyl (C=O) groups excluding carboxylic acids is 3. The molecule has 1 aliphatic rings. The lowest BCUT2D eigenvalue weighted by Crippen LogP contribution is -2.33. The van der Waals surface area contributed by atoms with Gasteiger partial charge in [0.05, 0.1) is 30.3 Å². The van der Waals surface area contributed by atoms with E-state index in [9.17, 15) is 23.6 Å². The number of hydrogen-bond acceptors (Lipinski definition) is 5. The molecule has 1 saturated carbocycles. The van der Waals surface area contributed by atoms with E-state index in [1.54, 1.807) is 36.4 Å². The van der Waals surface area contributed by atoms with Crippen LogP contribution in [0.4, 0.5) is 20.6 Å². The van der Waals surface area contributed by atoms with Crippen molar-refractivity contribution in [1.29, 1.82) is 0 Å². The fraction of sp³-hybridized carbons (Fsp3) is 0.231. The molecule has 1 aliphatic carbocycles. The quantitative estimate of drug-likeness (QED) is 0.449. The molecule has 1 heterocycles. The molecule has 37 heavy (non-hydrogen) atoms. The largest absolute Gasteiger partial charge is 0.453 e. The number of amides is 3. The topological polar surface area (TPSA) is 119 Å². The van der Waals surface area contributed by atoms with Crippen LogP contribution in [0.5, 0.6) is 0 Å². The molecule has 0 aliphatic heterocycles. The summed E-state index contributed by atoms with van der Waals surface area (Å²) < 4.78 is 20.8.